The van der Waals surface area contributed by atoms with Gasteiger partial charge in [-0.15, -0.1) is 10.2 Å². The Bertz CT molecular complexity index is 960. The summed E-state index contributed by atoms with van der Waals surface area (Å²) in [6.07, 6.45) is 5.71. The quantitative estimate of drug-likeness (QED) is 0.511. The molecule has 3 rings (SSSR count). The minimum absolute atomic E-state index is 0.0137. The Kier molecular flexibility index (Phi) is 8.85. The van der Waals surface area contributed by atoms with Gasteiger partial charge in [0.15, 0.2) is 11.0 Å². The summed E-state index contributed by atoms with van der Waals surface area (Å²) in [5, 5.41) is 16.0. The average molecular weight is 498 g/mol. The SMILES string of the molecule is CC(C)[C@H](NC(=O)c1ccc(Cl)c(Cl)c1)c1nnc(SCC(=O)NC2CCCCC2)n1C. The Morgan fingerprint density at radius 2 is 1.88 bits per heavy atom. The molecule has 174 valence electrons. The highest BCUT2D eigenvalue weighted by atomic mass is 35.5. The third kappa shape index (κ3) is 6.39. The molecular weight excluding hydrogens is 469 g/mol. The zero-order valence-electron chi connectivity index (χ0n) is 18.5. The lowest BCUT2D eigenvalue weighted by Gasteiger charge is -2.22. The zero-order chi connectivity index (χ0) is 23.3. The lowest BCUT2D eigenvalue weighted by atomic mass is 9.95. The number of hydrogen-bond acceptors (Lipinski definition) is 5. The monoisotopic (exact) mass is 497 g/mol. The topological polar surface area (TPSA) is 88.9 Å². The highest BCUT2D eigenvalue weighted by Gasteiger charge is 2.26. The van der Waals surface area contributed by atoms with Crippen LogP contribution in [0.25, 0.3) is 0 Å². The van der Waals surface area contributed by atoms with Gasteiger partial charge in [0.25, 0.3) is 5.91 Å². The second kappa shape index (κ2) is 11.4. The normalized spacial score (nSPS) is 15.6. The van der Waals surface area contributed by atoms with E-state index >= 15 is 0 Å². The van der Waals surface area contributed by atoms with Crippen molar-refractivity contribution in [3.8, 4) is 0 Å². The fourth-order valence-electron chi connectivity index (χ4n) is 3.76. The molecular formula is C22H29Cl2N5O2S. The number of carbonyl (C=O) groups is 2. The van der Waals surface area contributed by atoms with Crippen LogP contribution in [0, 0.1) is 5.92 Å². The van der Waals surface area contributed by atoms with Gasteiger partial charge in [-0.05, 0) is 37.0 Å². The number of hydrogen-bond donors (Lipinski definition) is 2. The fourth-order valence-corrected chi connectivity index (χ4v) is 4.79. The van der Waals surface area contributed by atoms with E-state index < -0.39 is 0 Å². The van der Waals surface area contributed by atoms with Crippen molar-refractivity contribution in [1.29, 1.82) is 0 Å². The Balaban J connectivity index is 1.64. The summed E-state index contributed by atoms with van der Waals surface area (Å²) < 4.78 is 1.83. The minimum Gasteiger partial charge on any atom is -0.353 e. The Labute approximate surface area is 203 Å². The number of thioether (sulfide) groups is 1. The van der Waals surface area contributed by atoms with Crippen molar-refractivity contribution < 1.29 is 9.59 Å². The standard InChI is InChI=1S/C22H29Cl2N5O2S/c1-13(2)19(26-21(31)14-9-10-16(23)17(24)11-14)20-27-28-22(29(20)3)32-12-18(30)25-15-7-5-4-6-8-15/h9-11,13,15,19H,4-8,12H2,1-3H3,(H,25,30)(H,26,31)/t19-/m0/s1. The zero-order valence-corrected chi connectivity index (χ0v) is 20.9. The molecule has 1 aliphatic rings. The molecule has 2 aromatic rings. The first-order chi connectivity index (χ1) is 15.3. The number of benzene rings is 1. The third-order valence-electron chi connectivity index (χ3n) is 5.58. The summed E-state index contributed by atoms with van der Waals surface area (Å²) in [4.78, 5) is 25.1. The molecule has 2 amide bonds. The van der Waals surface area contributed by atoms with Crippen molar-refractivity contribution in [3.63, 3.8) is 0 Å². The maximum atomic E-state index is 12.8. The van der Waals surface area contributed by atoms with Crippen LogP contribution in [0.4, 0.5) is 0 Å². The van der Waals surface area contributed by atoms with Crippen LogP contribution >= 0.6 is 35.0 Å². The molecule has 7 nitrogen and oxygen atoms in total. The second-order valence-corrected chi connectivity index (χ2v) is 10.2. The maximum absolute atomic E-state index is 12.8. The molecule has 0 aliphatic heterocycles. The number of amides is 2. The van der Waals surface area contributed by atoms with E-state index in [0.29, 0.717) is 26.6 Å². The van der Waals surface area contributed by atoms with Gasteiger partial charge in [-0.2, -0.15) is 0 Å². The van der Waals surface area contributed by atoms with Crippen molar-refractivity contribution in [2.75, 3.05) is 5.75 Å². The van der Waals surface area contributed by atoms with E-state index in [2.05, 4.69) is 20.8 Å². The van der Waals surface area contributed by atoms with E-state index in [9.17, 15) is 9.59 Å². The van der Waals surface area contributed by atoms with Gasteiger partial charge < -0.3 is 15.2 Å². The van der Waals surface area contributed by atoms with Crippen LogP contribution in [0.15, 0.2) is 23.4 Å². The number of carbonyl (C=O) groups excluding carboxylic acids is 2. The molecule has 1 heterocycles. The van der Waals surface area contributed by atoms with E-state index in [4.69, 9.17) is 23.2 Å². The number of nitrogens with zero attached hydrogens (tertiary/aromatic N) is 3. The molecule has 0 bridgehead atoms. The predicted molar refractivity (Wildman–Crippen MR) is 128 cm³/mol. The number of aromatic nitrogens is 3. The van der Waals surface area contributed by atoms with Gasteiger partial charge in [0, 0.05) is 18.7 Å². The first-order valence-electron chi connectivity index (χ1n) is 10.8. The second-order valence-electron chi connectivity index (χ2n) is 8.41. The van der Waals surface area contributed by atoms with Crippen molar-refractivity contribution in [2.24, 2.45) is 13.0 Å². The highest BCUT2D eigenvalue weighted by Crippen LogP contribution is 2.26. The number of halogens is 2. The van der Waals surface area contributed by atoms with Crippen molar-refractivity contribution in [2.45, 2.75) is 63.2 Å². The number of rotatable bonds is 8. The molecule has 1 saturated carbocycles. The van der Waals surface area contributed by atoms with Crippen LogP contribution in [0.1, 0.15) is 68.2 Å². The molecule has 0 radical (unpaired) electrons. The van der Waals surface area contributed by atoms with Crippen LogP contribution in [-0.4, -0.2) is 38.4 Å². The summed E-state index contributed by atoms with van der Waals surface area (Å²) in [6.45, 7) is 4.00. The number of nitrogens with one attached hydrogen (secondary N) is 2. The van der Waals surface area contributed by atoms with Crippen molar-refractivity contribution >= 4 is 46.8 Å². The predicted octanol–water partition coefficient (Wildman–Crippen LogP) is 4.79. The molecule has 1 atom stereocenters. The maximum Gasteiger partial charge on any atom is 0.251 e. The van der Waals surface area contributed by atoms with E-state index in [1.807, 2.05) is 25.5 Å². The fraction of sp³-hybridized carbons (Fsp3) is 0.545. The molecule has 0 saturated heterocycles. The smallest absolute Gasteiger partial charge is 0.251 e. The molecule has 1 aliphatic carbocycles. The molecule has 1 aromatic carbocycles. The average Bonchev–Trinajstić information content (AvgIpc) is 3.12. The molecule has 2 N–H and O–H groups in total. The molecule has 0 unspecified atom stereocenters. The highest BCUT2D eigenvalue weighted by molar-refractivity contribution is 7.99. The van der Waals surface area contributed by atoms with Gasteiger partial charge in [-0.3, -0.25) is 9.59 Å². The summed E-state index contributed by atoms with van der Waals surface area (Å²) in [7, 11) is 1.84. The van der Waals surface area contributed by atoms with E-state index in [1.165, 1.54) is 31.0 Å². The summed E-state index contributed by atoms with van der Waals surface area (Å²) in [5.74, 6) is 0.719. The molecule has 1 fully saturated rings. The van der Waals surface area contributed by atoms with Crippen LogP contribution in [0.3, 0.4) is 0 Å². The minimum atomic E-state index is -0.361. The van der Waals surface area contributed by atoms with Gasteiger partial charge in [0.05, 0.1) is 21.8 Å². The van der Waals surface area contributed by atoms with Gasteiger partial charge in [-0.1, -0.05) is 68.1 Å². The van der Waals surface area contributed by atoms with Crippen molar-refractivity contribution in [3.05, 3.63) is 39.6 Å². The van der Waals surface area contributed by atoms with Crippen molar-refractivity contribution in [1.82, 2.24) is 25.4 Å². The van der Waals surface area contributed by atoms with E-state index in [-0.39, 0.29) is 35.6 Å². The molecule has 1 aromatic heterocycles. The van der Waals surface area contributed by atoms with Crippen LogP contribution in [-0.2, 0) is 11.8 Å². The van der Waals surface area contributed by atoms with Crippen LogP contribution in [0.5, 0.6) is 0 Å². The van der Waals surface area contributed by atoms with E-state index in [0.717, 1.165) is 12.8 Å². The Hall–Kier alpha value is -1.77. The van der Waals surface area contributed by atoms with Gasteiger partial charge >= 0.3 is 0 Å². The van der Waals surface area contributed by atoms with Gasteiger partial charge in [0.2, 0.25) is 5.91 Å². The Morgan fingerprint density at radius 3 is 2.53 bits per heavy atom. The summed E-state index contributed by atoms with van der Waals surface area (Å²) in [6, 6.07) is 4.69. The Morgan fingerprint density at radius 1 is 1.16 bits per heavy atom. The molecule has 32 heavy (non-hydrogen) atoms. The molecule has 0 spiro atoms. The summed E-state index contributed by atoms with van der Waals surface area (Å²) >= 11 is 13.3. The van der Waals surface area contributed by atoms with Gasteiger partial charge in [0.1, 0.15) is 0 Å². The van der Waals surface area contributed by atoms with Crippen LogP contribution in [0.2, 0.25) is 10.0 Å². The van der Waals surface area contributed by atoms with Gasteiger partial charge in [-0.25, -0.2) is 0 Å². The largest absolute Gasteiger partial charge is 0.353 e. The molecule has 10 heteroatoms. The first kappa shape index (κ1) is 24.9. The lowest BCUT2D eigenvalue weighted by Crippen LogP contribution is -2.37. The van der Waals surface area contributed by atoms with Crippen LogP contribution < -0.4 is 10.6 Å². The third-order valence-corrected chi connectivity index (χ3v) is 7.34. The lowest BCUT2D eigenvalue weighted by molar-refractivity contribution is -0.119. The van der Waals surface area contributed by atoms with E-state index in [1.54, 1.807) is 18.2 Å². The summed E-state index contributed by atoms with van der Waals surface area (Å²) in [5.41, 5.74) is 0.418. The first-order valence-corrected chi connectivity index (χ1v) is 12.6.